The molecule has 0 N–H and O–H groups in total. The molecular weight excluding hydrogens is 222 g/mol. The van der Waals surface area contributed by atoms with Crippen LogP contribution >= 0.6 is 23.8 Å². The van der Waals surface area contributed by atoms with Crippen LogP contribution in [0.1, 0.15) is 19.9 Å². The first-order valence-electron chi connectivity index (χ1n) is 4.96. The fourth-order valence-electron chi connectivity index (χ4n) is 1.42. The fourth-order valence-corrected chi connectivity index (χ4v) is 2.67. The van der Waals surface area contributed by atoms with E-state index in [9.17, 15) is 0 Å². The summed E-state index contributed by atoms with van der Waals surface area (Å²) in [5.74, 6) is 0. The van der Waals surface area contributed by atoms with Crippen molar-refractivity contribution in [2.75, 3.05) is 0 Å². The first kappa shape index (κ1) is 10.6. The van der Waals surface area contributed by atoms with E-state index in [0.29, 0.717) is 6.04 Å². The molecule has 15 heavy (non-hydrogen) atoms. The SMILES string of the molecule is CC(C)n1cc(-c2ccccc2)c(=S)s1. The molecule has 0 aliphatic rings. The molecule has 3 heteroatoms. The molecule has 0 unspecified atom stereocenters. The van der Waals surface area contributed by atoms with Crippen molar-refractivity contribution in [3.8, 4) is 11.1 Å². The Balaban J connectivity index is 2.50. The van der Waals surface area contributed by atoms with Gasteiger partial charge in [0.1, 0.15) is 3.82 Å². The van der Waals surface area contributed by atoms with E-state index < -0.39 is 0 Å². The van der Waals surface area contributed by atoms with Gasteiger partial charge in [0.15, 0.2) is 0 Å². The molecule has 0 amide bonds. The van der Waals surface area contributed by atoms with Crippen molar-refractivity contribution in [2.24, 2.45) is 0 Å². The summed E-state index contributed by atoms with van der Waals surface area (Å²) >= 11 is 7.02. The summed E-state index contributed by atoms with van der Waals surface area (Å²) in [6.45, 7) is 4.33. The van der Waals surface area contributed by atoms with E-state index in [4.69, 9.17) is 12.2 Å². The highest BCUT2D eigenvalue weighted by Crippen LogP contribution is 2.26. The van der Waals surface area contributed by atoms with Gasteiger partial charge in [0.05, 0.1) is 0 Å². The standard InChI is InChI=1S/C12H13NS2/c1-9(2)13-8-11(12(14)15-13)10-6-4-3-5-7-10/h3-9H,1-2H3. The van der Waals surface area contributed by atoms with Gasteiger partial charge in [0, 0.05) is 17.8 Å². The molecule has 0 spiro atoms. The van der Waals surface area contributed by atoms with Crippen LogP contribution in [0.25, 0.3) is 11.1 Å². The fraction of sp³-hybridized carbons (Fsp3) is 0.250. The normalized spacial score (nSPS) is 10.9. The van der Waals surface area contributed by atoms with E-state index in [-0.39, 0.29) is 0 Å². The lowest BCUT2D eigenvalue weighted by molar-refractivity contribution is 0.651. The van der Waals surface area contributed by atoms with Gasteiger partial charge >= 0.3 is 0 Å². The van der Waals surface area contributed by atoms with Gasteiger partial charge in [-0.1, -0.05) is 42.5 Å². The number of benzene rings is 1. The highest BCUT2D eigenvalue weighted by atomic mass is 32.2. The van der Waals surface area contributed by atoms with Crippen LogP contribution in [0.3, 0.4) is 0 Å². The van der Waals surface area contributed by atoms with Crippen molar-refractivity contribution < 1.29 is 0 Å². The average molecular weight is 235 g/mol. The first-order valence-corrected chi connectivity index (χ1v) is 6.14. The van der Waals surface area contributed by atoms with E-state index in [1.807, 2.05) is 18.2 Å². The molecule has 0 radical (unpaired) electrons. The van der Waals surface area contributed by atoms with Gasteiger partial charge in [-0.15, -0.1) is 0 Å². The Morgan fingerprint density at radius 3 is 2.40 bits per heavy atom. The molecule has 0 saturated carbocycles. The lowest BCUT2D eigenvalue weighted by Crippen LogP contribution is -1.92. The first-order chi connectivity index (χ1) is 7.18. The number of rotatable bonds is 2. The number of nitrogens with zero attached hydrogens (tertiary/aromatic N) is 1. The Morgan fingerprint density at radius 1 is 1.20 bits per heavy atom. The van der Waals surface area contributed by atoms with Gasteiger partial charge in [0.2, 0.25) is 0 Å². The van der Waals surface area contributed by atoms with Crippen LogP contribution in [-0.4, -0.2) is 3.96 Å². The average Bonchev–Trinajstić information content (AvgIpc) is 2.62. The monoisotopic (exact) mass is 235 g/mol. The minimum atomic E-state index is 0.481. The molecular formula is C12H13NS2. The largest absolute Gasteiger partial charge is 0.301 e. The topological polar surface area (TPSA) is 4.93 Å². The minimum absolute atomic E-state index is 0.481. The predicted molar refractivity (Wildman–Crippen MR) is 69.0 cm³/mol. The van der Waals surface area contributed by atoms with Gasteiger partial charge in [-0.05, 0) is 30.9 Å². The molecule has 78 valence electrons. The molecule has 0 fully saturated rings. The van der Waals surface area contributed by atoms with Gasteiger partial charge in [-0.3, -0.25) is 0 Å². The summed E-state index contributed by atoms with van der Waals surface area (Å²) in [7, 11) is 0. The van der Waals surface area contributed by atoms with Crippen LogP contribution in [0.2, 0.25) is 0 Å². The summed E-state index contributed by atoms with van der Waals surface area (Å²) < 4.78 is 3.17. The third-order valence-corrected chi connectivity index (χ3v) is 3.83. The summed E-state index contributed by atoms with van der Waals surface area (Å²) in [6, 6.07) is 10.8. The van der Waals surface area contributed by atoms with Crippen LogP contribution in [-0.2, 0) is 0 Å². The highest BCUT2D eigenvalue weighted by molar-refractivity contribution is 7.73. The smallest absolute Gasteiger partial charge is 0.116 e. The van der Waals surface area contributed by atoms with Crippen LogP contribution in [0.15, 0.2) is 36.5 Å². The zero-order valence-corrected chi connectivity index (χ0v) is 10.4. The molecule has 0 aliphatic heterocycles. The Morgan fingerprint density at radius 2 is 1.87 bits per heavy atom. The Bertz CT molecular complexity index is 494. The van der Waals surface area contributed by atoms with Gasteiger partial charge in [0.25, 0.3) is 0 Å². The minimum Gasteiger partial charge on any atom is -0.301 e. The molecule has 1 aromatic heterocycles. The number of aromatic nitrogens is 1. The molecule has 0 bridgehead atoms. The Kier molecular flexibility index (Phi) is 3.03. The van der Waals surface area contributed by atoms with Crippen LogP contribution in [0, 0.1) is 3.82 Å². The lowest BCUT2D eigenvalue weighted by Gasteiger charge is -2.03. The second-order valence-electron chi connectivity index (χ2n) is 3.74. The van der Waals surface area contributed by atoms with Crippen LogP contribution < -0.4 is 0 Å². The van der Waals surface area contributed by atoms with Crippen LogP contribution in [0.5, 0.6) is 0 Å². The number of hydrogen-bond donors (Lipinski definition) is 0. The van der Waals surface area contributed by atoms with Gasteiger partial charge in [-0.2, -0.15) is 0 Å². The quantitative estimate of drug-likeness (QED) is 0.692. The molecule has 2 rings (SSSR count). The summed E-state index contributed by atoms with van der Waals surface area (Å²) in [5, 5.41) is 0. The summed E-state index contributed by atoms with van der Waals surface area (Å²) in [4.78, 5) is 0. The Labute approximate surface area is 99.2 Å². The molecule has 2 aromatic rings. The summed E-state index contributed by atoms with van der Waals surface area (Å²) in [5.41, 5.74) is 2.38. The van der Waals surface area contributed by atoms with Crippen molar-refractivity contribution in [2.45, 2.75) is 19.9 Å². The van der Waals surface area contributed by atoms with E-state index >= 15 is 0 Å². The van der Waals surface area contributed by atoms with E-state index in [1.165, 1.54) is 11.1 Å². The van der Waals surface area contributed by atoms with E-state index in [0.717, 1.165) is 3.82 Å². The van der Waals surface area contributed by atoms with Crippen molar-refractivity contribution in [1.29, 1.82) is 0 Å². The van der Waals surface area contributed by atoms with Crippen molar-refractivity contribution >= 4 is 23.8 Å². The second kappa shape index (κ2) is 4.29. The Hall–Kier alpha value is -0.930. The van der Waals surface area contributed by atoms with Gasteiger partial charge in [-0.25, -0.2) is 0 Å². The summed E-state index contributed by atoms with van der Waals surface area (Å²) in [6.07, 6.45) is 2.15. The van der Waals surface area contributed by atoms with Crippen molar-refractivity contribution in [1.82, 2.24) is 3.96 Å². The highest BCUT2D eigenvalue weighted by Gasteiger charge is 2.05. The molecule has 0 saturated heterocycles. The predicted octanol–water partition coefficient (Wildman–Crippen LogP) is 4.53. The third-order valence-electron chi connectivity index (χ3n) is 2.26. The molecule has 0 aliphatic carbocycles. The van der Waals surface area contributed by atoms with Crippen molar-refractivity contribution in [3.05, 3.63) is 40.4 Å². The zero-order valence-electron chi connectivity index (χ0n) is 8.81. The molecule has 1 nitrogen and oxygen atoms in total. The zero-order chi connectivity index (χ0) is 10.8. The maximum atomic E-state index is 5.37. The second-order valence-corrected chi connectivity index (χ2v) is 5.42. The molecule has 1 heterocycles. The number of hydrogen-bond acceptors (Lipinski definition) is 2. The maximum Gasteiger partial charge on any atom is 0.116 e. The lowest BCUT2D eigenvalue weighted by atomic mass is 10.1. The maximum absolute atomic E-state index is 5.37. The molecule has 1 aromatic carbocycles. The van der Waals surface area contributed by atoms with Gasteiger partial charge < -0.3 is 3.96 Å². The molecule has 0 atom stereocenters. The van der Waals surface area contributed by atoms with Crippen LogP contribution in [0.4, 0.5) is 0 Å². The van der Waals surface area contributed by atoms with Crippen molar-refractivity contribution in [3.63, 3.8) is 0 Å². The van der Waals surface area contributed by atoms with E-state index in [2.05, 4.69) is 36.1 Å². The third kappa shape index (κ3) is 2.19. The van der Waals surface area contributed by atoms with E-state index in [1.54, 1.807) is 11.5 Å².